The van der Waals surface area contributed by atoms with Crippen LogP contribution < -0.4 is 22.1 Å². The van der Waals surface area contributed by atoms with Gasteiger partial charge in [-0.15, -0.1) is 0 Å². The summed E-state index contributed by atoms with van der Waals surface area (Å²) in [7, 11) is 0. The quantitative estimate of drug-likeness (QED) is 0.618. The van der Waals surface area contributed by atoms with Gasteiger partial charge in [-0.05, 0) is 27.7 Å². The first kappa shape index (κ1) is 16.2. The van der Waals surface area contributed by atoms with Gasteiger partial charge in [0.1, 0.15) is 10.7 Å². The fraction of sp³-hybridized carbons (Fsp3) is 0.583. The monoisotopic (exact) mass is 299 g/mol. The Kier molecular flexibility index (Phi) is 4.93. The van der Waals surface area contributed by atoms with Crippen LogP contribution in [0.2, 0.25) is 0 Å². The van der Waals surface area contributed by atoms with Crippen LogP contribution in [0.4, 0.5) is 10.9 Å². The van der Waals surface area contributed by atoms with Gasteiger partial charge in [0, 0.05) is 12.6 Å². The Morgan fingerprint density at radius 1 is 1.40 bits per heavy atom. The van der Waals surface area contributed by atoms with Crippen molar-refractivity contribution in [2.24, 2.45) is 11.1 Å². The van der Waals surface area contributed by atoms with E-state index in [1.807, 2.05) is 13.8 Å². The summed E-state index contributed by atoms with van der Waals surface area (Å²) < 4.78 is 0. The van der Waals surface area contributed by atoms with Crippen molar-refractivity contribution in [2.75, 3.05) is 17.6 Å². The van der Waals surface area contributed by atoms with E-state index in [2.05, 4.69) is 15.6 Å². The molecule has 8 heteroatoms. The van der Waals surface area contributed by atoms with Gasteiger partial charge in [-0.1, -0.05) is 11.3 Å². The first-order chi connectivity index (χ1) is 9.13. The van der Waals surface area contributed by atoms with E-state index in [1.165, 1.54) is 11.3 Å². The maximum Gasteiger partial charge on any atom is 0.265 e. The zero-order valence-electron chi connectivity index (χ0n) is 12.1. The zero-order valence-corrected chi connectivity index (χ0v) is 12.9. The van der Waals surface area contributed by atoms with E-state index in [0.717, 1.165) is 0 Å². The number of nitrogens with two attached hydrogens (primary N) is 2. The van der Waals surface area contributed by atoms with E-state index in [0.29, 0.717) is 10.0 Å². The molecule has 0 aliphatic carbocycles. The normalized spacial score (nSPS) is 11.4. The fourth-order valence-corrected chi connectivity index (χ4v) is 2.22. The van der Waals surface area contributed by atoms with Crippen molar-refractivity contribution in [2.45, 2.75) is 33.7 Å². The minimum absolute atomic E-state index is 0.144. The molecule has 112 valence electrons. The largest absolute Gasteiger partial charge is 0.382 e. The molecule has 0 bridgehead atoms. The van der Waals surface area contributed by atoms with Gasteiger partial charge in [0.15, 0.2) is 5.13 Å². The third-order valence-electron chi connectivity index (χ3n) is 2.63. The van der Waals surface area contributed by atoms with Gasteiger partial charge in [-0.3, -0.25) is 9.59 Å². The first-order valence-corrected chi connectivity index (χ1v) is 7.06. The molecule has 0 fully saturated rings. The average molecular weight is 299 g/mol. The number of carbonyl (C=O) groups excluding carboxylic acids is 2. The molecule has 0 atom stereocenters. The third-order valence-corrected chi connectivity index (χ3v) is 3.63. The number of nitrogens with zero attached hydrogens (tertiary/aromatic N) is 1. The van der Waals surface area contributed by atoms with Crippen molar-refractivity contribution in [3.8, 4) is 0 Å². The van der Waals surface area contributed by atoms with E-state index >= 15 is 0 Å². The number of rotatable bonds is 6. The molecule has 1 aromatic heterocycles. The second-order valence-electron chi connectivity index (χ2n) is 5.46. The highest BCUT2D eigenvalue weighted by molar-refractivity contribution is 7.18. The molecule has 2 amide bonds. The smallest absolute Gasteiger partial charge is 0.265 e. The van der Waals surface area contributed by atoms with Crippen LogP contribution in [0.5, 0.6) is 0 Å². The first-order valence-electron chi connectivity index (χ1n) is 6.24. The molecule has 7 nitrogen and oxygen atoms in total. The number of hydrogen-bond acceptors (Lipinski definition) is 6. The Labute approximate surface area is 122 Å². The number of hydrogen-bond donors (Lipinski definition) is 4. The van der Waals surface area contributed by atoms with Crippen LogP contribution in [0.1, 0.15) is 37.4 Å². The molecule has 0 radical (unpaired) electrons. The lowest BCUT2D eigenvalue weighted by atomic mass is 9.93. The van der Waals surface area contributed by atoms with E-state index in [4.69, 9.17) is 11.5 Å². The van der Waals surface area contributed by atoms with Crippen LogP contribution in [0.15, 0.2) is 0 Å². The van der Waals surface area contributed by atoms with Crippen molar-refractivity contribution < 1.29 is 9.59 Å². The molecule has 1 heterocycles. The lowest BCUT2D eigenvalue weighted by Crippen LogP contribution is -2.42. The Bertz CT molecular complexity index is 510. The number of carbonyl (C=O) groups is 2. The molecule has 1 rings (SSSR count). The number of anilines is 2. The molecular formula is C12H21N5O2S. The summed E-state index contributed by atoms with van der Waals surface area (Å²) in [6.07, 6.45) is 0. The standard InChI is InChI=1S/C12H21N5O2S/c1-6(2)16-11-17-8(13)7(20-11)9(18)15-5-12(3,4)10(14)19/h6H,5,13H2,1-4H3,(H2,14,19)(H,15,18)(H,16,17). The second-order valence-corrected chi connectivity index (χ2v) is 6.46. The van der Waals surface area contributed by atoms with Crippen molar-refractivity contribution in [1.82, 2.24) is 10.3 Å². The zero-order chi connectivity index (χ0) is 15.5. The summed E-state index contributed by atoms with van der Waals surface area (Å²) in [5.74, 6) is -0.657. The topological polar surface area (TPSA) is 123 Å². The molecule has 20 heavy (non-hydrogen) atoms. The van der Waals surface area contributed by atoms with Crippen LogP contribution >= 0.6 is 11.3 Å². The van der Waals surface area contributed by atoms with Crippen molar-refractivity contribution >= 4 is 34.1 Å². The summed E-state index contributed by atoms with van der Waals surface area (Å²) in [5, 5.41) is 6.33. The van der Waals surface area contributed by atoms with Crippen molar-refractivity contribution in [3.05, 3.63) is 4.88 Å². The summed E-state index contributed by atoms with van der Waals surface area (Å²) in [6, 6.07) is 0.199. The maximum atomic E-state index is 12.0. The van der Waals surface area contributed by atoms with Crippen LogP contribution in [-0.2, 0) is 4.79 Å². The summed E-state index contributed by atoms with van der Waals surface area (Å²) in [5.41, 5.74) is 10.2. The lowest BCUT2D eigenvalue weighted by Gasteiger charge is -2.20. The second kappa shape index (κ2) is 6.08. The highest BCUT2D eigenvalue weighted by atomic mass is 32.1. The van der Waals surface area contributed by atoms with Crippen molar-refractivity contribution in [1.29, 1.82) is 0 Å². The molecule has 0 saturated carbocycles. The Hall–Kier alpha value is -1.83. The third kappa shape index (κ3) is 4.09. The molecule has 0 saturated heterocycles. The van der Waals surface area contributed by atoms with Crippen LogP contribution in [-0.4, -0.2) is 29.4 Å². The van der Waals surface area contributed by atoms with E-state index in [-0.39, 0.29) is 24.3 Å². The summed E-state index contributed by atoms with van der Waals surface area (Å²) in [6.45, 7) is 7.40. The number of amides is 2. The molecular weight excluding hydrogens is 278 g/mol. The minimum atomic E-state index is -0.811. The van der Waals surface area contributed by atoms with Crippen LogP contribution in [0.25, 0.3) is 0 Å². The van der Waals surface area contributed by atoms with Gasteiger partial charge in [0.2, 0.25) is 5.91 Å². The lowest BCUT2D eigenvalue weighted by molar-refractivity contribution is -0.125. The fourth-order valence-electron chi connectivity index (χ4n) is 1.27. The Morgan fingerprint density at radius 2 is 2.00 bits per heavy atom. The Morgan fingerprint density at radius 3 is 2.50 bits per heavy atom. The van der Waals surface area contributed by atoms with Crippen LogP contribution in [0.3, 0.4) is 0 Å². The van der Waals surface area contributed by atoms with Gasteiger partial charge >= 0.3 is 0 Å². The van der Waals surface area contributed by atoms with Gasteiger partial charge < -0.3 is 22.1 Å². The van der Waals surface area contributed by atoms with Crippen molar-refractivity contribution in [3.63, 3.8) is 0 Å². The molecule has 0 aliphatic heterocycles. The average Bonchev–Trinajstić information content (AvgIpc) is 2.66. The Balaban J connectivity index is 2.73. The molecule has 0 aliphatic rings. The molecule has 6 N–H and O–H groups in total. The summed E-state index contributed by atoms with van der Waals surface area (Å²) in [4.78, 5) is 27.6. The maximum absolute atomic E-state index is 12.0. The molecule has 0 aromatic carbocycles. The highest BCUT2D eigenvalue weighted by Gasteiger charge is 2.26. The van der Waals surface area contributed by atoms with Gasteiger partial charge in [-0.2, -0.15) is 0 Å². The number of nitrogens with one attached hydrogen (secondary N) is 2. The van der Waals surface area contributed by atoms with E-state index in [1.54, 1.807) is 13.8 Å². The van der Waals surface area contributed by atoms with Gasteiger partial charge in [0.25, 0.3) is 5.91 Å². The molecule has 0 spiro atoms. The highest BCUT2D eigenvalue weighted by Crippen LogP contribution is 2.25. The van der Waals surface area contributed by atoms with Crippen LogP contribution in [0, 0.1) is 5.41 Å². The van der Waals surface area contributed by atoms with E-state index in [9.17, 15) is 9.59 Å². The minimum Gasteiger partial charge on any atom is -0.382 e. The molecule has 0 unspecified atom stereocenters. The van der Waals surface area contributed by atoms with Gasteiger partial charge in [0.05, 0.1) is 5.41 Å². The summed E-state index contributed by atoms with van der Waals surface area (Å²) >= 11 is 1.18. The molecule has 1 aromatic rings. The SMILES string of the molecule is CC(C)Nc1nc(N)c(C(=O)NCC(C)(C)C(N)=O)s1. The number of nitrogen functional groups attached to an aromatic ring is 1. The van der Waals surface area contributed by atoms with Gasteiger partial charge in [-0.25, -0.2) is 4.98 Å². The predicted octanol–water partition coefficient (Wildman–Crippen LogP) is 0.787. The predicted molar refractivity (Wildman–Crippen MR) is 80.6 cm³/mol. The number of primary amides is 1. The number of aromatic nitrogens is 1. The number of thiazole rings is 1. The van der Waals surface area contributed by atoms with E-state index < -0.39 is 11.3 Å².